The van der Waals surface area contributed by atoms with Crippen molar-refractivity contribution in [1.29, 1.82) is 0 Å². The van der Waals surface area contributed by atoms with Crippen LogP contribution in [0, 0.1) is 0 Å². The SMILES string of the molecule is C[C@@H](OCc1ccc(CCCCCOCCCc2cccc3c2n(C)c(=O)n3C2CCC(=O)NC2=O)cc1)[C@@H](N)CCC(N)=O.Cl. The number of aromatic nitrogens is 2. The molecule has 0 radical (unpaired) electrons. The first kappa shape index (κ1) is 37.0. The summed E-state index contributed by atoms with van der Waals surface area (Å²) in [5, 5.41) is 2.36. The first-order chi connectivity index (χ1) is 21.7. The zero-order chi connectivity index (χ0) is 32.3. The van der Waals surface area contributed by atoms with Gasteiger partial charge in [-0.3, -0.25) is 28.8 Å². The summed E-state index contributed by atoms with van der Waals surface area (Å²) in [7, 11) is 1.73. The quantitative estimate of drug-likeness (QED) is 0.139. The van der Waals surface area contributed by atoms with Gasteiger partial charge in [-0.05, 0) is 74.6 Å². The number of nitrogens with zero attached hydrogens (tertiary/aromatic N) is 2. The van der Waals surface area contributed by atoms with Crippen molar-refractivity contribution in [2.24, 2.45) is 18.5 Å². The van der Waals surface area contributed by atoms with Gasteiger partial charge in [-0.25, -0.2) is 4.79 Å². The second-order valence-corrected chi connectivity index (χ2v) is 12.0. The number of fused-ring (bicyclic) bond motifs is 1. The molecule has 1 aliphatic rings. The average molecular weight is 658 g/mol. The maximum Gasteiger partial charge on any atom is 0.329 e. The molecule has 1 saturated heterocycles. The summed E-state index contributed by atoms with van der Waals surface area (Å²) < 4.78 is 14.9. The van der Waals surface area contributed by atoms with Crippen LogP contribution in [0.5, 0.6) is 0 Å². The van der Waals surface area contributed by atoms with Crippen molar-refractivity contribution in [2.75, 3.05) is 13.2 Å². The smallest absolute Gasteiger partial charge is 0.329 e. The van der Waals surface area contributed by atoms with E-state index >= 15 is 0 Å². The number of imidazole rings is 1. The van der Waals surface area contributed by atoms with Crippen molar-refractivity contribution in [3.63, 3.8) is 0 Å². The lowest BCUT2D eigenvalue weighted by molar-refractivity contribution is -0.135. The van der Waals surface area contributed by atoms with E-state index in [1.165, 1.54) is 10.1 Å². The van der Waals surface area contributed by atoms with Gasteiger partial charge < -0.3 is 20.9 Å². The summed E-state index contributed by atoms with van der Waals surface area (Å²) in [5.74, 6) is -1.07. The van der Waals surface area contributed by atoms with E-state index in [1.54, 1.807) is 11.6 Å². The molecular weight excluding hydrogens is 610 g/mol. The Balaban J connectivity index is 0.00000576. The summed E-state index contributed by atoms with van der Waals surface area (Å²) in [4.78, 5) is 48.1. The van der Waals surface area contributed by atoms with Gasteiger partial charge in [0.05, 0.1) is 23.7 Å². The van der Waals surface area contributed by atoms with Gasteiger partial charge in [0, 0.05) is 39.1 Å². The van der Waals surface area contributed by atoms with Crippen molar-refractivity contribution in [3.8, 4) is 0 Å². The minimum absolute atomic E-state index is 0. The van der Waals surface area contributed by atoms with Gasteiger partial charge in [0.15, 0.2) is 0 Å². The summed E-state index contributed by atoms with van der Waals surface area (Å²) in [6.07, 6.45) is 6.93. The topological polar surface area (TPSA) is 161 Å². The largest absolute Gasteiger partial charge is 0.381 e. The number of amides is 3. The average Bonchev–Trinajstić information content (AvgIpc) is 3.28. The number of carbonyl (C=O) groups excluding carboxylic acids is 3. The summed E-state index contributed by atoms with van der Waals surface area (Å²) in [5.41, 5.74) is 16.0. The molecule has 3 amide bonds. The summed E-state index contributed by atoms with van der Waals surface area (Å²) in [6.45, 7) is 3.74. The number of primary amides is 1. The van der Waals surface area contributed by atoms with E-state index in [4.69, 9.17) is 20.9 Å². The number of unbranched alkanes of at least 4 members (excludes halogenated alkanes) is 2. The number of hydrogen-bond acceptors (Lipinski definition) is 7. The Morgan fingerprint density at radius 3 is 2.43 bits per heavy atom. The Morgan fingerprint density at radius 2 is 1.72 bits per heavy atom. The van der Waals surface area contributed by atoms with Crippen molar-refractivity contribution >= 4 is 41.2 Å². The van der Waals surface area contributed by atoms with E-state index in [0.29, 0.717) is 38.2 Å². The molecule has 1 unspecified atom stereocenters. The molecule has 1 aromatic heterocycles. The fourth-order valence-electron chi connectivity index (χ4n) is 5.82. The van der Waals surface area contributed by atoms with E-state index in [1.807, 2.05) is 25.1 Å². The van der Waals surface area contributed by atoms with Gasteiger partial charge in [0.2, 0.25) is 17.7 Å². The van der Waals surface area contributed by atoms with Crippen LogP contribution in [0.1, 0.15) is 81.0 Å². The van der Waals surface area contributed by atoms with Crippen molar-refractivity contribution < 1.29 is 23.9 Å². The standard InChI is InChI=1S/C34H47N5O6.ClH/c1-23(27(35)16-18-30(36)40)45-22-25-14-12-24(13-15-25)8-4-3-5-20-44-21-7-10-26-9-6-11-28-32(26)38(2)34(43)39(28)29-17-19-31(41)37-33(29)42;/h6,9,11-15,23,27,29H,3-5,7-8,10,16-22,35H2,1-2H3,(H2,36,40)(H,37,41,42);1H/t23-,27+,29?;/m1./s1. The fourth-order valence-corrected chi connectivity index (χ4v) is 5.82. The number of nitrogens with one attached hydrogen (secondary N) is 1. The zero-order valence-electron chi connectivity index (χ0n) is 26.9. The molecule has 1 aliphatic heterocycles. The molecular formula is C34H48ClN5O6. The van der Waals surface area contributed by atoms with Gasteiger partial charge in [-0.1, -0.05) is 42.8 Å². The van der Waals surface area contributed by atoms with Crippen molar-refractivity contribution in [2.45, 2.75) is 95.9 Å². The van der Waals surface area contributed by atoms with E-state index in [0.717, 1.165) is 55.2 Å². The number of aryl methyl sites for hydroxylation is 3. The molecule has 0 saturated carbocycles. The molecule has 2 aromatic carbocycles. The number of halogens is 1. The van der Waals surface area contributed by atoms with Crippen LogP contribution in [0.25, 0.3) is 11.0 Å². The number of para-hydroxylation sites is 1. The number of benzene rings is 2. The molecule has 0 bridgehead atoms. The molecule has 2 heterocycles. The van der Waals surface area contributed by atoms with Gasteiger partial charge in [0.25, 0.3) is 0 Å². The number of piperidine rings is 1. The van der Waals surface area contributed by atoms with Crippen molar-refractivity contribution in [3.05, 3.63) is 69.6 Å². The lowest BCUT2D eigenvalue weighted by Crippen LogP contribution is -2.44. The summed E-state index contributed by atoms with van der Waals surface area (Å²) >= 11 is 0. The second kappa shape index (κ2) is 18.0. The normalized spacial score (nSPS) is 16.2. The third-order valence-corrected chi connectivity index (χ3v) is 8.56. The zero-order valence-corrected chi connectivity index (χ0v) is 27.7. The van der Waals surface area contributed by atoms with Crippen LogP contribution in [0.15, 0.2) is 47.3 Å². The highest BCUT2D eigenvalue weighted by atomic mass is 35.5. The number of imide groups is 1. The highest BCUT2D eigenvalue weighted by Crippen LogP contribution is 2.25. The van der Waals surface area contributed by atoms with Gasteiger partial charge in [-0.2, -0.15) is 0 Å². The maximum atomic E-state index is 13.1. The Bertz CT molecular complexity index is 1520. The lowest BCUT2D eigenvalue weighted by Gasteiger charge is -2.21. The van der Waals surface area contributed by atoms with E-state index in [2.05, 4.69) is 29.6 Å². The highest BCUT2D eigenvalue weighted by Gasteiger charge is 2.31. The first-order valence-corrected chi connectivity index (χ1v) is 16.0. The molecule has 0 aliphatic carbocycles. The van der Waals surface area contributed by atoms with E-state index < -0.39 is 11.9 Å². The van der Waals surface area contributed by atoms with Crippen LogP contribution < -0.4 is 22.5 Å². The molecule has 3 atom stereocenters. The molecule has 3 aromatic rings. The van der Waals surface area contributed by atoms with Gasteiger partial charge in [-0.15, -0.1) is 12.4 Å². The predicted octanol–water partition coefficient (Wildman–Crippen LogP) is 3.60. The molecule has 0 spiro atoms. The Morgan fingerprint density at radius 1 is 1.00 bits per heavy atom. The van der Waals surface area contributed by atoms with Crippen LogP contribution in [0.2, 0.25) is 0 Å². The summed E-state index contributed by atoms with van der Waals surface area (Å²) in [6, 6.07) is 13.3. The van der Waals surface area contributed by atoms with E-state index in [9.17, 15) is 19.2 Å². The second-order valence-electron chi connectivity index (χ2n) is 12.0. The third kappa shape index (κ3) is 9.99. The highest BCUT2D eigenvalue weighted by molar-refractivity contribution is 6.00. The van der Waals surface area contributed by atoms with Crippen LogP contribution in [-0.2, 0) is 50.4 Å². The number of nitrogens with two attached hydrogens (primary N) is 2. The van der Waals surface area contributed by atoms with Crippen LogP contribution in [0.4, 0.5) is 0 Å². The van der Waals surface area contributed by atoms with Gasteiger partial charge >= 0.3 is 5.69 Å². The number of ether oxygens (including phenoxy) is 2. The van der Waals surface area contributed by atoms with Gasteiger partial charge in [0.1, 0.15) is 6.04 Å². The minimum atomic E-state index is -0.683. The first-order valence-electron chi connectivity index (χ1n) is 16.0. The number of carbonyl (C=O) groups is 3. The number of rotatable bonds is 18. The fraction of sp³-hybridized carbons (Fsp3) is 0.529. The Hall–Kier alpha value is -3.51. The molecule has 252 valence electrons. The monoisotopic (exact) mass is 657 g/mol. The van der Waals surface area contributed by atoms with Crippen LogP contribution in [-0.4, -0.2) is 52.2 Å². The Kier molecular flexibility index (Phi) is 14.5. The molecule has 46 heavy (non-hydrogen) atoms. The van der Waals surface area contributed by atoms with Crippen LogP contribution in [0.3, 0.4) is 0 Å². The molecule has 12 heteroatoms. The lowest BCUT2D eigenvalue weighted by atomic mass is 10.0. The third-order valence-electron chi connectivity index (χ3n) is 8.56. The van der Waals surface area contributed by atoms with Crippen LogP contribution >= 0.6 is 12.4 Å². The molecule has 5 N–H and O–H groups in total. The minimum Gasteiger partial charge on any atom is -0.381 e. The molecule has 4 rings (SSSR count). The Labute approximate surface area is 276 Å². The number of hydrogen-bond donors (Lipinski definition) is 3. The maximum absolute atomic E-state index is 13.1. The van der Waals surface area contributed by atoms with E-state index in [-0.39, 0.29) is 54.9 Å². The molecule has 1 fully saturated rings. The van der Waals surface area contributed by atoms with Crippen molar-refractivity contribution in [1.82, 2.24) is 14.5 Å². The predicted molar refractivity (Wildman–Crippen MR) is 180 cm³/mol. The molecule has 11 nitrogen and oxygen atoms in total.